The molecule has 1 atom stereocenters. The SMILES string of the molecule is O=C(O)c1ccc(Br)cc1NC(=O)C1CCCCO1. The lowest BCUT2D eigenvalue weighted by Crippen LogP contribution is -2.33. The van der Waals surface area contributed by atoms with Crippen molar-refractivity contribution in [3.8, 4) is 0 Å². The number of carboxylic acids is 1. The highest BCUT2D eigenvalue weighted by molar-refractivity contribution is 9.10. The van der Waals surface area contributed by atoms with Gasteiger partial charge in [-0.2, -0.15) is 0 Å². The molecule has 19 heavy (non-hydrogen) atoms. The molecule has 2 rings (SSSR count). The maximum absolute atomic E-state index is 12.0. The summed E-state index contributed by atoms with van der Waals surface area (Å²) in [7, 11) is 0. The number of hydrogen-bond donors (Lipinski definition) is 2. The van der Waals surface area contributed by atoms with Gasteiger partial charge in [-0.15, -0.1) is 0 Å². The third kappa shape index (κ3) is 3.54. The Labute approximate surface area is 119 Å². The molecule has 0 aliphatic carbocycles. The van der Waals surface area contributed by atoms with Gasteiger partial charge in [-0.1, -0.05) is 15.9 Å². The van der Waals surface area contributed by atoms with Crippen molar-refractivity contribution >= 4 is 33.5 Å². The zero-order valence-corrected chi connectivity index (χ0v) is 11.8. The maximum Gasteiger partial charge on any atom is 0.337 e. The molecule has 1 heterocycles. The molecular weight excluding hydrogens is 314 g/mol. The summed E-state index contributed by atoms with van der Waals surface area (Å²) >= 11 is 3.26. The van der Waals surface area contributed by atoms with Crippen LogP contribution in [0.5, 0.6) is 0 Å². The molecule has 0 aromatic heterocycles. The van der Waals surface area contributed by atoms with Crippen molar-refractivity contribution in [2.75, 3.05) is 11.9 Å². The van der Waals surface area contributed by atoms with Crippen molar-refractivity contribution in [3.63, 3.8) is 0 Å². The van der Waals surface area contributed by atoms with Crippen LogP contribution in [0.3, 0.4) is 0 Å². The molecule has 1 aliphatic rings. The third-order valence-corrected chi connectivity index (χ3v) is 3.44. The molecule has 0 bridgehead atoms. The van der Waals surface area contributed by atoms with Crippen molar-refractivity contribution in [2.24, 2.45) is 0 Å². The van der Waals surface area contributed by atoms with Gasteiger partial charge in [0.15, 0.2) is 0 Å². The quantitative estimate of drug-likeness (QED) is 0.894. The summed E-state index contributed by atoms with van der Waals surface area (Å²) in [6.07, 6.45) is 2.08. The zero-order valence-electron chi connectivity index (χ0n) is 10.2. The van der Waals surface area contributed by atoms with Crippen LogP contribution in [0.15, 0.2) is 22.7 Å². The average Bonchev–Trinajstić information content (AvgIpc) is 2.39. The van der Waals surface area contributed by atoms with Crippen LogP contribution in [0.1, 0.15) is 29.6 Å². The average molecular weight is 328 g/mol. The molecule has 1 aromatic carbocycles. The molecule has 102 valence electrons. The Bertz CT molecular complexity index is 497. The van der Waals surface area contributed by atoms with Crippen LogP contribution in [0.4, 0.5) is 5.69 Å². The van der Waals surface area contributed by atoms with Crippen molar-refractivity contribution in [3.05, 3.63) is 28.2 Å². The van der Waals surface area contributed by atoms with E-state index in [1.807, 2.05) is 0 Å². The fourth-order valence-corrected chi connectivity index (χ4v) is 2.33. The Balaban J connectivity index is 2.15. The highest BCUT2D eigenvalue weighted by atomic mass is 79.9. The van der Waals surface area contributed by atoms with Gasteiger partial charge in [0, 0.05) is 11.1 Å². The third-order valence-electron chi connectivity index (χ3n) is 2.94. The number of anilines is 1. The number of hydrogen-bond acceptors (Lipinski definition) is 3. The zero-order chi connectivity index (χ0) is 13.8. The number of nitrogens with one attached hydrogen (secondary N) is 1. The second-order valence-corrected chi connectivity index (χ2v) is 5.26. The van der Waals surface area contributed by atoms with Crippen LogP contribution in [0.2, 0.25) is 0 Å². The molecule has 0 saturated carbocycles. The van der Waals surface area contributed by atoms with Gasteiger partial charge in [-0.05, 0) is 37.5 Å². The normalized spacial score (nSPS) is 18.9. The van der Waals surface area contributed by atoms with Crippen LogP contribution in [-0.2, 0) is 9.53 Å². The van der Waals surface area contributed by atoms with Crippen molar-refractivity contribution in [1.29, 1.82) is 0 Å². The van der Waals surface area contributed by atoms with E-state index >= 15 is 0 Å². The van der Waals surface area contributed by atoms with E-state index in [0.717, 1.165) is 12.8 Å². The van der Waals surface area contributed by atoms with Crippen LogP contribution in [-0.4, -0.2) is 29.7 Å². The number of aromatic carboxylic acids is 1. The number of ether oxygens (including phenoxy) is 1. The summed E-state index contributed by atoms with van der Waals surface area (Å²) in [5, 5.41) is 11.7. The lowest BCUT2D eigenvalue weighted by Gasteiger charge is -2.22. The summed E-state index contributed by atoms with van der Waals surface area (Å²) in [6, 6.07) is 4.64. The Kier molecular flexibility index (Phi) is 4.55. The first-order valence-electron chi connectivity index (χ1n) is 6.03. The molecule has 6 heteroatoms. The van der Waals surface area contributed by atoms with Crippen LogP contribution < -0.4 is 5.32 Å². The minimum Gasteiger partial charge on any atom is -0.478 e. The predicted octanol–water partition coefficient (Wildman–Crippen LogP) is 2.65. The van der Waals surface area contributed by atoms with E-state index in [1.54, 1.807) is 12.1 Å². The lowest BCUT2D eigenvalue weighted by molar-refractivity contribution is -0.129. The topological polar surface area (TPSA) is 75.6 Å². The molecule has 1 amide bonds. The van der Waals surface area contributed by atoms with Crippen LogP contribution >= 0.6 is 15.9 Å². The van der Waals surface area contributed by atoms with E-state index in [0.29, 0.717) is 17.5 Å². The summed E-state index contributed by atoms with van der Waals surface area (Å²) in [4.78, 5) is 23.1. The van der Waals surface area contributed by atoms with Gasteiger partial charge in [0.05, 0.1) is 11.3 Å². The van der Waals surface area contributed by atoms with E-state index in [9.17, 15) is 9.59 Å². The number of carboxylic acid groups (broad SMARTS) is 1. The van der Waals surface area contributed by atoms with Crippen LogP contribution in [0, 0.1) is 0 Å². The summed E-state index contributed by atoms with van der Waals surface area (Å²) < 4.78 is 6.08. The van der Waals surface area contributed by atoms with E-state index in [4.69, 9.17) is 9.84 Å². The van der Waals surface area contributed by atoms with Crippen molar-refractivity contribution in [1.82, 2.24) is 0 Å². The molecule has 1 fully saturated rings. The van der Waals surface area contributed by atoms with Gasteiger partial charge >= 0.3 is 5.97 Å². The Morgan fingerprint density at radius 2 is 2.16 bits per heavy atom. The number of carbonyl (C=O) groups is 2. The molecule has 1 aliphatic heterocycles. The molecule has 2 N–H and O–H groups in total. The van der Waals surface area contributed by atoms with Gasteiger partial charge in [-0.25, -0.2) is 4.79 Å². The van der Waals surface area contributed by atoms with Crippen molar-refractivity contribution < 1.29 is 19.4 Å². The van der Waals surface area contributed by atoms with E-state index in [2.05, 4.69) is 21.2 Å². The van der Waals surface area contributed by atoms with Gasteiger partial charge in [0.25, 0.3) is 5.91 Å². The molecule has 1 unspecified atom stereocenters. The number of rotatable bonds is 3. The highest BCUT2D eigenvalue weighted by Gasteiger charge is 2.23. The Morgan fingerprint density at radius 3 is 2.79 bits per heavy atom. The van der Waals surface area contributed by atoms with E-state index < -0.39 is 12.1 Å². The monoisotopic (exact) mass is 327 g/mol. The highest BCUT2D eigenvalue weighted by Crippen LogP contribution is 2.23. The number of halogens is 1. The van der Waals surface area contributed by atoms with E-state index in [1.165, 1.54) is 6.07 Å². The molecule has 0 radical (unpaired) electrons. The molecule has 1 saturated heterocycles. The fraction of sp³-hybridized carbons (Fsp3) is 0.385. The molecular formula is C13H14BrNO4. The number of amides is 1. The minimum atomic E-state index is -1.08. The number of benzene rings is 1. The maximum atomic E-state index is 12.0. The first kappa shape index (κ1) is 14.0. The smallest absolute Gasteiger partial charge is 0.337 e. The fourth-order valence-electron chi connectivity index (χ4n) is 1.97. The van der Waals surface area contributed by atoms with Crippen molar-refractivity contribution in [2.45, 2.75) is 25.4 Å². The van der Waals surface area contributed by atoms with Gasteiger partial charge in [0.2, 0.25) is 0 Å². The second kappa shape index (κ2) is 6.16. The Hall–Kier alpha value is -1.40. The summed E-state index contributed by atoms with van der Waals surface area (Å²) in [5.74, 6) is -1.37. The van der Waals surface area contributed by atoms with E-state index in [-0.39, 0.29) is 17.2 Å². The molecule has 5 nitrogen and oxygen atoms in total. The standard InChI is InChI=1S/C13H14BrNO4/c14-8-4-5-9(13(17)18)10(7-8)15-12(16)11-3-1-2-6-19-11/h4-5,7,11H,1-3,6H2,(H,15,16)(H,17,18). The first-order chi connectivity index (χ1) is 9.08. The first-order valence-corrected chi connectivity index (χ1v) is 6.82. The minimum absolute atomic E-state index is 0.0624. The lowest BCUT2D eigenvalue weighted by atomic mass is 10.1. The van der Waals surface area contributed by atoms with Gasteiger partial charge < -0.3 is 15.2 Å². The largest absolute Gasteiger partial charge is 0.478 e. The Morgan fingerprint density at radius 1 is 1.37 bits per heavy atom. The molecule has 0 spiro atoms. The second-order valence-electron chi connectivity index (χ2n) is 4.34. The molecule has 1 aromatic rings. The summed E-state index contributed by atoms with van der Waals surface area (Å²) in [6.45, 7) is 0.572. The van der Waals surface area contributed by atoms with Crippen LogP contribution in [0.25, 0.3) is 0 Å². The number of carbonyl (C=O) groups excluding carboxylic acids is 1. The predicted molar refractivity (Wildman–Crippen MR) is 73.3 cm³/mol. The summed E-state index contributed by atoms with van der Waals surface area (Å²) in [5.41, 5.74) is 0.341. The van der Waals surface area contributed by atoms with Gasteiger partial charge in [-0.3, -0.25) is 4.79 Å². The van der Waals surface area contributed by atoms with Gasteiger partial charge in [0.1, 0.15) is 6.10 Å².